The van der Waals surface area contributed by atoms with Crippen molar-refractivity contribution in [2.45, 2.75) is 12.5 Å². The Morgan fingerprint density at radius 1 is 1.41 bits per heavy atom. The van der Waals surface area contributed by atoms with E-state index in [1.165, 1.54) is 0 Å². The maximum absolute atomic E-state index is 8.70. The van der Waals surface area contributed by atoms with E-state index in [1.54, 1.807) is 18.2 Å². The number of likely N-dealkylation sites (N-methyl/N-ethyl adjacent to an activating group) is 1. The van der Waals surface area contributed by atoms with Gasteiger partial charge in [-0.2, -0.15) is 5.26 Å². The van der Waals surface area contributed by atoms with E-state index in [0.29, 0.717) is 28.8 Å². The monoisotopic (exact) mass is 272 g/mol. The summed E-state index contributed by atoms with van der Waals surface area (Å²) in [4.78, 5) is 1.95. The first-order chi connectivity index (χ1) is 8.04. The molecule has 92 valence electrons. The van der Waals surface area contributed by atoms with Crippen molar-refractivity contribution in [1.29, 1.82) is 5.26 Å². The van der Waals surface area contributed by atoms with E-state index in [0.717, 1.165) is 0 Å². The SMILES string of the molecule is CN(C)C(CC#N)COc1cc(Cl)ccc1Cl. The molecule has 0 heterocycles. The number of ether oxygens (including phenoxy) is 1. The molecule has 1 aromatic rings. The van der Waals surface area contributed by atoms with Crippen LogP contribution in [-0.2, 0) is 0 Å². The number of halogens is 2. The lowest BCUT2D eigenvalue weighted by Crippen LogP contribution is -2.33. The molecule has 0 amide bonds. The Kier molecular flexibility index (Phi) is 5.57. The van der Waals surface area contributed by atoms with Gasteiger partial charge in [-0.1, -0.05) is 23.2 Å². The molecule has 1 atom stereocenters. The highest BCUT2D eigenvalue weighted by molar-refractivity contribution is 6.34. The predicted molar refractivity (Wildman–Crippen MR) is 69.7 cm³/mol. The van der Waals surface area contributed by atoms with Gasteiger partial charge in [0.2, 0.25) is 0 Å². The summed E-state index contributed by atoms with van der Waals surface area (Å²) in [6.07, 6.45) is 0.408. The van der Waals surface area contributed by atoms with Crippen LogP contribution in [-0.4, -0.2) is 31.6 Å². The summed E-state index contributed by atoms with van der Waals surface area (Å²) in [6, 6.07) is 7.23. The Bertz CT molecular complexity index is 415. The topological polar surface area (TPSA) is 36.3 Å². The van der Waals surface area contributed by atoms with Crippen LogP contribution in [0.2, 0.25) is 10.0 Å². The fourth-order valence-electron chi connectivity index (χ4n) is 1.27. The van der Waals surface area contributed by atoms with Crippen LogP contribution in [0.3, 0.4) is 0 Å². The number of rotatable bonds is 5. The van der Waals surface area contributed by atoms with Gasteiger partial charge in [-0.3, -0.25) is 0 Å². The Morgan fingerprint density at radius 2 is 2.12 bits per heavy atom. The summed E-state index contributed by atoms with van der Waals surface area (Å²) in [6.45, 7) is 0.403. The average molecular weight is 273 g/mol. The van der Waals surface area contributed by atoms with Crippen molar-refractivity contribution in [2.24, 2.45) is 0 Å². The molecule has 1 unspecified atom stereocenters. The molecule has 0 saturated heterocycles. The molecule has 0 aromatic heterocycles. The van der Waals surface area contributed by atoms with Crippen molar-refractivity contribution in [2.75, 3.05) is 20.7 Å². The van der Waals surface area contributed by atoms with Crippen LogP contribution in [0.25, 0.3) is 0 Å². The zero-order valence-corrected chi connectivity index (χ0v) is 11.3. The maximum Gasteiger partial charge on any atom is 0.139 e. The molecule has 0 saturated carbocycles. The second-order valence-corrected chi connectivity index (χ2v) is 4.71. The highest BCUT2D eigenvalue weighted by atomic mass is 35.5. The molecule has 1 rings (SSSR count). The van der Waals surface area contributed by atoms with E-state index in [2.05, 4.69) is 6.07 Å². The summed E-state index contributed by atoms with van der Waals surface area (Å²) in [5, 5.41) is 9.79. The lowest BCUT2D eigenvalue weighted by Gasteiger charge is -2.22. The van der Waals surface area contributed by atoms with E-state index in [9.17, 15) is 0 Å². The molecule has 1 aromatic carbocycles. The average Bonchev–Trinajstić information content (AvgIpc) is 2.28. The standard InChI is InChI=1S/C12H14Cl2N2O/c1-16(2)10(5-6-15)8-17-12-7-9(13)3-4-11(12)14/h3-4,7,10H,5,8H2,1-2H3. The first-order valence-corrected chi connectivity index (χ1v) is 5.91. The van der Waals surface area contributed by atoms with Crippen LogP contribution >= 0.6 is 23.2 Å². The van der Waals surface area contributed by atoms with E-state index >= 15 is 0 Å². The first kappa shape index (κ1) is 14.1. The normalized spacial score (nSPS) is 12.2. The smallest absolute Gasteiger partial charge is 0.139 e. The zero-order valence-electron chi connectivity index (χ0n) is 9.78. The second kappa shape index (κ2) is 6.70. The van der Waals surface area contributed by atoms with Crippen LogP contribution in [0.4, 0.5) is 0 Å². The van der Waals surface area contributed by atoms with Gasteiger partial charge in [0.05, 0.1) is 23.6 Å². The van der Waals surface area contributed by atoms with Crippen molar-refractivity contribution in [3.63, 3.8) is 0 Å². The van der Waals surface area contributed by atoms with Crippen molar-refractivity contribution in [3.05, 3.63) is 28.2 Å². The quantitative estimate of drug-likeness (QED) is 0.826. The third-order valence-electron chi connectivity index (χ3n) is 2.38. The van der Waals surface area contributed by atoms with Gasteiger partial charge in [-0.25, -0.2) is 0 Å². The van der Waals surface area contributed by atoms with Gasteiger partial charge < -0.3 is 9.64 Å². The highest BCUT2D eigenvalue weighted by Gasteiger charge is 2.13. The first-order valence-electron chi connectivity index (χ1n) is 5.16. The summed E-state index contributed by atoms with van der Waals surface area (Å²) < 4.78 is 5.58. The number of hydrogen-bond acceptors (Lipinski definition) is 3. The molecule has 0 N–H and O–H groups in total. The molecule has 0 radical (unpaired) electrons. The fourth-order valence-corrected chi connectivity index (χ4v) is 1.60. The molecule has 0 aliphatic carbocycles. The van der Waals surface area contributed by atoms with Gasteiger partial charge in [0.15, 0.2) is 0 Å². The molecule has 5 heteroatoms. The molecule has 0 aliphatic rings. The van der Waals surface area contributed by atoms with Crippen molar-refractivity contribution < 1.29 is 4.74 Å². The van der Waals surface area contributed by atoms with Gasteiger partial charge in [0.25, 0.3) is 0 Å². The fraction of sp³-hybridized carbons (Fsp3) is 0.417. The molecule has 0 aliphatic heterocycles. The van der Waals surface area contributed by atoms with E-state index in [1.807, 2.05) is 19.0 Å². The molecular weight excluding hydrogens is 259 g/mol. The van der Waals surface area contributed by atoms with Crippen LogP contribution in [0.1, 0.15) is 6.42 Å². The zero-order chi connectivity index (χ0) is 12.8. The van der Waals surface area contributed by atoms with Crippen molar-refractivity contribution in [3.8, 4) is 11.8 Å². The van der Waals surface area contributed by atoms with Crippen LogP contribution in [0.5, 0.6) is 5.75 Å². The second-order valence-electron chi connectivity index (χ2n) is 3.87. The largest absolute Gasteiger partial charge is 0.490 e. The molecule has 0 fully saturated rings. The van der Waals surface area contributed by atoms with Crippen molar-refractivity contribution >= 4 is 23.2 Å². The Labute approximate surface area is 111 Å². The summed E-state index contributed by atoms with van der Waals surface area (Å²) in [5.41, 5.74) is 0. The minimum Gasteiger partial charge on any atom is -0.490 e. The predicted octanol–water partition coefficient (Wildman–Crippen LogP) is 3.22. The third kappa shape index (κ3) is 4.43. The van der Waals surface area contributed by atoms with Gasteiger partial charge in [0, 0.05) is 11.1 Å². The van der Waals surface area contributed by atoms with Crippen LogP contribution < -0.4 is 4.74 Å². The maximum atomic E-state index is 8.70. The van der Waals surface area contributed by atoms with E-state index in [4.69, 9.17) is 33.2 Å². The van der Waals surface area contributed by atoms with Gasteiger partial charge in [-0.05, 0) is 26.2 Å². The van der Waals surface area contributed by atoms with Crippen LogP contribution in [0, 0.1) is 11.3 Å². The van der Waals surface area contributed by atoms with Gasteiger partial charge in [0.1, 0.15) is 12.4 Å². The number of hydrogen-bond donors (Lipinski definition) is 0. The molecular formula is C12H14Cl2N2O. The van der Waals surface area contributed by atoms with E-state index in [-0.39, 0.29) is 6.04 Å². The van der Waals surface area contributed by atoms with Gasteiger partial charge >= 0.3 is 0 Å². The van der Waals surface area contributed by atoms with Crippen LogP contribution in [0.15, 0.2) is 18.2 Å². The van der Waals surface area contributed by atoms with E-state index < -0.39 is 0 Å². The van der Waals surface area contributed by atoms with Gasteiger partial charge in [-0.15, -0.1) is 0 Å². The Morgan fingerprint density at radius 3 is 2.71 bits per heavy atom. The van der Waals surface area contributed by atoms with Crippen molar-refractivity contribution in [1.82, 2.24) is 4.90 Å². The summed E-state index contributed by atoms with van der Waals surface area (Å²) in [7, 11) is 3.82. The molecule has 0 bridgehead atoms. The molecule has 17 heavy (non-hydrogen) atoms. The third-order valence-corrected chi connectivity index (χ3v) is 2.93. The minimum atomic E-state index is 0.0371. The molecule has 0 spiro atoms. The minimum absolute atomic E-state index is 0.0371. The Balaban J connectivity index is 2.65. The lowest BCUT2D eigenvalue weighted by molar-refractivity contribution is 0.188. The summed E-state index contributed by atoms with van der Waals surface area (Å²) >= 11 is 11.8. The number of benzene rings is 1. The lowest BCUT2D eigenvalue weighted by atomic mass is 10.2. The highest BCUT2D eigenvalue weighted by Crippen LogP contribution is 2.27. The Hall–Kier alpha value is -0.950. The number of nitrogens with zero attached hydrogens (tertiary/aromatic N) is 2. The summed E-state index contributed by atoms with van der Waals surface area (Å²) in [5.74, 6) is 0.545. The molecule has 3 nitrogen and oxygen atoms in total. The number of nitriles is 1.